The highest BCUT2D eigenvalue weighted by atomic mass is 32.2. The minimum Gasteiger partial charge on any atom is -0.477 e. The number of aromatic carboxylic acids is 1. The number of hydrogen-bond donors (Lipinski definition) is 2. The van der Waals surface area contributed by atoms with Crippen LogP contribution in [-0.2, 0) is 0 Å². The first-order chi connectivity index (χ1) is 10.7. The van der Waals surface area contributed by atoms with Gasteiger partial charge in [0.2, 0.25) is 0 Å². The Hall–Kier alpha value is -1.93. The molecular formula is C14H17N5O2S. The Morgan fingerprint density at radius 1 is 1.41 bits per heavy atom. The van der Waals surface area contributed by atoms with Crippen LogP contribution in [0.5, 0.6) is 0 Å². The summed E-state index contributed by atoms with van der Waals surface area (Å²) in [5.41, 5.74) is 1.44. The molecule has 116 valence electrons. The van der Waals surface area contributed by atoms with E-state index in [1.165, 1.54) is 11.8 Å². The second-order valence-electron chi connectivity index (χ2n) is 5.07. The summed E-state index contributed by atoms with van der Waals surface area (Å²) in [4.78, 5) is 20.0. The van der Waals surface area contributed by atoms with Crippen molar-refractivity contribution in [2.75, 3.05) is 19.3 Å². The summed E-state index contributed by atoms with van der Waals surface area (Å²) in [6.07, 6.45) is 5.32. The van der Waals surface area contributed by atoms with Gasteiger partial charge >= 0.3 is 5.97 Å². The van der Waals surface area contributed by atoms with Crippen molar-refractivity contribution in [1.29, 1.82) is 0 Å². The van der Waals surface area contributed by atoms with Crippen molar-refractivity contribution in [2.24, 2.45) is 0 Å². The predicted molar refractivity (Wildman–Crippen MR) is 83.1 cm³/mol. The highest BCUT2D eigenvalue weighted by Crippen LogP contribution is 2.25. The number of nitrogens with zero attached hydrogens (tertiary/aromatic N) is 4. The van der Waals surface area contributed by atoms with Crippen LogP contribution in [0.4, 0.5) is 0 Å². The van der Waals surface area contributed by atoms with E-state index in [9.17, 15) is 9.90 Å². The normalized spacial score (nSPS) is 15.9. The number of carbonyl (C=O) groups is 1. The van der Waals surface area contributed by atoms with E-state index in [4.69, 9.17) is 0 Å². The topological polar surface area (TPSA) is 92.9 Å². The number of hydrogen-bond acceptors (Lipinski definition) is 6. The highest BCUT2D eigenvalue weighted by molar-refractivity contribution is 7.98. The number of carboxylic acids is 1. The number of aromatic nitrogens is 4. The average Bonchev–Trinajstić information content (AvgIpc) is 3.01. The summed E-state index contributed by atoms with van der Waals surface area (Å²) in [5.74, 6) is -0.962. The van der Waals surface area contributed by atoms with Crippen molar-refractivity contribution < 1.29 is 9.90 Å². The van der Waals surface area contributed by atoms with Crippen LogP contribution in [0.2, 0.25) is 0 Å². The fraction of sp³-hybridized carbons (Fsp3) is 0.429. The largest absolute Gasteiger partial charge is 0.477 e. The molecule has 1 aliphatic heterocycles. The molecule has 1 aliphatic rings. The first-order valence-corrected chi connectivity index (χ1v) is 8.32. The maximum Gasteiger partial charge on any atom is 0.354 e. The quantitative estimate of drug-likeness (QED) is 0.654. The Kier molecular flexibility index (Phi) is 4.39. The van der Waals surface area contributed by atoms with Gasteiger partial charge in [0.1, 0.15) is 11.4 Å². The zero-order valence-electron chi connectivity index (χ0n) is 12.2. The van der Waals surface area contributed by atoms with E-state index in [0.717, 1.165) is 25.9 Å². The lowest BCUT2D eigenvalue weighted by molar-refractivity contribution is 0.0678. The summed E-state index contributed by atoms with van der Waals surface area (Å²) in [6, 6.07) is 3.46. The fourth-order valence-electron chi connectivity index (χ4n) is 2.59. The van der Waals surface area contributed by atoms with E-state index in [0.29, 0.717) is 16.5 Å². The predicted octanol–water partition coefficient (Wildman–Crippen LogP) is 1.68. The Morgan fingerprint density at radius 2 is 2.18 bits per heavy atom. The molecule has 2 aromatic heterocycles. The number of thioether (sulfide) groups is 1. The van der Waals surface area contributed by atoms with E-state index in [-0.39, 0.29) is 11.7 Å². The second-order valence-corrected chi connectivity index (χ2v) is 5.85. The van der Waals surface area contributed by atoms with Gasteiger partial charge in [0.05, 0.1) is 11.7 Å². The van der Waals surface area contributed by atoms with Gasteiger partial charge in [0, 0.05) is 12.3 Å². The first kappa shape index (κ1) is 15.0. The third-order valence-electron chi connectivity index (χ3n) is 3.69. The summed E-state index contributed by atoms with van der Waals surface area (Å²) < 4.78 is 1.64. The molecule has 3 rings (SSSR count). The molecule has 0 atom stereocenters. The van der Waals surface area contributed by atoms with Crippen LogP contribution in [0, 0.1) is 0 Å². The molecule has 0 bridgehead atoms. The van der Waals surface area contributed by atoms with Gasteiger partial charge in [0.25, 0.3) is 0 Å². The Bertz CT molecular complexity index is 682. The van der Waals surface area contributed by atoms with Crippen LogP contribution in [0.3, 0.4) is 0 Å². The molecule has 0 saturated carbocycles. The lowest BCUT2D eigenvalue weighted by atomic mass is 10.1. The maximum atomic E-state index is 11.5. The lowest BCUT2D eigenvalue weighted by Gasteiger charge is -2.23. The van der Waals surface area contributed by atoms with Crippen molar-refractivity contribution in [2.45, 2.75) is 24.0 Å². The molecule has 8 heteroatoms. The molecule has 2 aromatic rings. The summed E-state index contributed by atoms with van der Waals surface area (Å²) in [6.45, 7) is 1.76. The zero-order chi connectivity index (χ0) is 15.5. The van der Waals surface area contributed by atoms with Gasteiger partial charge in [-0.2, -0.15) is 5.10 Å². The van der Waals surface area contributed by atoms with Gasteiger partial charge in [0.15, 0.2) is 5.16 Å². The average molecular weight is 319 g/mol. The summed E-state index contributed by atoms with van der Waals surface area (Å²) >= 11 is 1.44. The van der Waals surface area contributed by atoms with Crippen molar-refractivity contribution in [3.63, 3.8) is 0 Å². The van der Waals surface area contributed by atoms with Gasteiger partial charge in [-0.25, -0.2) is 14.8 Å². The monoisotopic (exact) mass is 319 g/mol. The molecule has 0 aromatic carbocycles. The molecule has 1 fully saturated rings. The van der Waals surface area contributed by atoms with Gasteiger partial charge in [-0.1, -0.05) is 11.8 Å². The number of carboxylic acid groups (broad SMARTS) is 1. The first-order valence-electron chi connectivity index (χ1n) is 7.10. The van der Waals surface area contributed by atoms with E-state index in [2.05, 4.69) is 20.4 Å². The minimum absolute atomic E-state index is 0.114. The highest BCUT2D eigenvalue weighted by Gasteiger charge is 2.23. The molecule has 0 amide bonds. The summed E-state index contributed by atoms with van der Waals surface area (Å²) in [5, 5.41) is 17.9. The second kappa shape index (κ2) is 6.45. The molecule has 22 heavy (non-hydrogen) atoms. The smallest absolute Gasteiger partial charge is 0.354 e. The van der Waals surface area contributed by atoms with Gasteiger partial charge < -0.3 is 10.4 Å². The van der Waals surface area contributed by atoms with Crippen molar-refractivity contribution in [3.05, 3.63) is 24.0 Å². The third kappa shape index (κ3) is 2.97. The third-order valence-corrected chi connectivity index (χ3v) is 4.25. The Morgan fingerprint density at radius 3 is 2.86 bits per heavy atom. The van der Waals surface area contributed by atoms with Crippen LogP contribution in [-0.4, -0.2) is 50.2 Å². The van der Waals surface area contributed by atoms with Crippen LogP contribution >= 0.6 is 11.8 Å². The molecule has 0 spiro atoms. The minimum atomic E-state index is -0.962. The Balaban J connectivity index is 2.00. The van der Waals surface area contributed by atoms with E-state index < -0.39 is 5.97 Å². The van der Waals surface area contributed by atoms with Crippen LogP contribution in [0.15, 0.2) is 23.5 Å². The molecular weight excluding hydrogens is 302 g/mol. The number of nitrogens with one attached hydrogen (secondary N) is 1. The SMILES string of the molecule is CSc1nccc(-c2cc(C(=O)O)n(C3CCNCC3)n2)n1. The summed E-state index contributed by atoms with van der Waals surface area (Å²) in [7, 11) is 0. The van der Waals surface area contributed by atoms with E-state index in [1.54, 1.807) is 23.0 Å². The fourth-order valence-corrected chi connectivity index (χ4v) is 2.95. The van der Waals surface area contributed by atoms with Gasteiger partial charge in [-0.15, -0.1) is 0 Å². The maximum absolute atomic E-state index is 11.5. The van der Waals surface area contributed by atoms with E-state index in [1.807, 2.05) is 6.26 Å². The standard InChI is InChI=1S/C14H17N5O2S/c1-22-14-16-7-4-10(17-14)11-8-12(13(20)21)19(18-11)9-2-5-15-6-3-9/h4,7-9,15H,2-3,5-6H2,1H3,(H,20,21). The van der Waals surface area contributed by atoms with Gasteiger partial charge in [-0.3, -0.25) is 4.68 Å². The molecule has 7 nitrogen and oxygen atoms in total. The Labute approximate surface area is 132 Å². The molecule has 0 aliphatic carbocycles. The molecule has 2 N–H and O–H groups in total. The van der Waals surface area contributed by atoms with Crippen LogP contribution < -0.4 is 5.32 Å². The van der Waals surface area contributed by atoms with E-state index >= 15 is 0 Å². The van der Waals surface area contributed by atoms with Crippen molar-refractivity contribution in [1.82, 2.24) is 25.1 Å². The molecule has 1 saturated heterocycles. The number of rotatable bonds is 4. The van der Waals surface area contributed by atoms with Gasteiger partial charge in [-0.05, 0) is 38.3 Å². The molecule has 3 heterocycles. The van der Waals surface area contributed by atoms with Crippen LogP contribution in [0.25, 0.3) is 11.4 Å². The van der Waals surface area contributed by atoms with Crippen molar-refractivity contribution in [3.8, 4) is 11.4 Å². The number of piperidine rings is 1. The molecule has 0 radical (unpaired) electrons. The molecule has 0 unspecified atom stereocenters. The van der Waals surface area contributed by atoms with Crippen molar-refractivity contribution >= 4 is 17.7 Å². The zero-order valence-corrected chi connectivity index (χ0v) is 13.0. The van der Waals surface area contributed by atoms with Crippen LogP contribution in [0.1, 0.15) is 29.4 Å². The lowest BCUT2D eigenvalue weighted by Crippen LogP contribution is -2.31.